The molecule has 1 aliphatic rings. The van der Waals surface area contributed by atoms with Gasteiger partial charge in [0.25, 0.3) is 0 Å². The Morgan fingerprint density at radius 3 is 2.46 bits per heavy atom. The number of nitrogens with zero attached hydrogens (tertiary/aromatic N) is 3. The zero-order valence-electron chi connectivity index (χ0n) is 21.5. The van der Waals surface area contributed by atoms with Crippen molar-refractivity contribution in [2.75, 3.05) is 24.7 Å². The maximum Gasteiger partial charge on any atom is 0.411 e. The molecule has 3 rings (SSSR count). The second-order valence-electron chi connectivity index (χ2n) is 8.90. The molecular weight excluding hydrogens is 449 g/mol. The predicted octanol–water partition coefficient (Wildman–Crippen LogP) is 6.21. The predicted molar refractivity (Wildman–Crippen MR) is 138 cm³/mol. The number of ether oxygens (including phenoxy) is 1. The van der Waals surface area contributed by atoms with Crippen molar-refractivity contribution in [2.45, 2.75) is 53.7 Å². The number of carboxylic acids is 1. The van der Waals surface area contributed by atoms with Gasteiger partial charge in [0.2, 0.25) is 0 Å². The van der Waals surface area contributed by atoms with Crippen molar-refractivity contribution in [3.8, 4) is 0 Å². The summed E-state index contributed by atoms with van der Waals surface area (Å²) in [4.78, 5) is 27.9. The lowest BCUT2D eigenvalue weighted by Crippen LogP contribution is -2.36. The molecule has 1 N–H and O–H groups in total. The number of carbonyl (C=O) groups excluding carboxylic acids is 1. The Balaban J connectivity index is 0.00000210. The largest absolute Gasteiger partial charge is 0.477 e. The molecular formula is C27H36FN3O4. The Bertz CT molecular complexity index is 1140. The lowest BCUT2D eigenvalue weighted by atomic mass is 10.2. The molecule has 2 aromatic rings. The van der Waals surface area contributed by atoms with E-state index >= 15 is 0 Å². The smallest absolute Gasteiger partial charge is 0.411 e. The average Bonchev–Trinajstić information content (AvgIpc) is 3.40. The van der Waals surface area contributed by atoms with E-state index in [2.05, 4.69) is 6.58 Å². The number of hydrogen-bond donors (Lipinski definition) is 1. The maximum atomic E-state index is 14.7. The van der Waals surface area contributed by atoms with Crippen molar-refractivity contribution in [2.24, 2.45) is 0 Å². The number of aromatic nitrogens is 1. The van der Waals surface area contributed by atoms with E-state index in [-0.39, 0.29) is 18.9 Å². The molecule has 1 saturated heterocycles. The molecule has 1 amide bonds. The first-order chi connectivity index (χ1) is 16.5. The average molecular weight is 486 g/mol. The molecule has 0 radical (unpaired) electrons. The van der Waals surface area contributed by atoms with E-state index in [1.807, 2.05) is 37.8 Å². The van der Waals surface area contributed by atoms with E-state index in [9.17, 15) is 19.1 Å². The zero-order chi connectivity index (χ0) is 26.3. The molecule has 0 spiro atoms. The number of carbonyl (C=O) groups is 2. The molecule has 2 heterocycles. The van der Waals surface area contributed by atoms with Crippen LogP contribution in [0, 0.1) is 5.82 Å². The summed E-state index contributed by atoms with van der Waals surface area (Å²) < 4.78 is 21.7. The van der Waals surface area contributed by atoms with E-state index < -0.39 is 23.5 Å². The first-order valence-electron chi connectivity index (χ1n) is 11.8. The van der Waals surface area contributed by atoms with Crippen molar-refractivity contribution in [3.63, 3.8) is 0 Å². The van der Waals surface area contributed by atoms with Crippen LogP contribution in [0.25, 0.3) is 10.9 Å². The zero-order valence-corrected chi connectivity index (χ0v) is 21.5. The highest BCUT2D eigenvalue weighted by atomic mass is 19.1. The molecule has 0 aliphatic carbocycles. The van der Waals surface area contributed by atoms with Gasteiger partial charge in [0.1, 0.15) is 17.1 Å². The second-order valence-corrected chi connectivity index (χ2v) is 8.90. The monoisotopic (exact) mass is 485 g/mol. The Morgan fingerprint density at radius 1 is 1.20 bits per heavy atom. The summed E-state index contributed by atoms with van der Waals surface area (Å²) in [6.07, 6.45) is 6.69. The van der Waals surface area contributed by atoms with Crippen LogP contribution in [0.1, 0.15) is 52.0 Å². The summed E-state index contributed by atoms with van der Waals surface area (Å²) in [6.45, 7) is 16.3. The molecule has 35 heavy (non-hydrogen) atoms. The summed E-state index contributed by atoms with van der Waals surface area (Å²) in [7, 11) is 0. The number of halogens is 1. The fraction of sp³-hybridized carbons (Fsp3) is 0.407. The Morgan fingerprint density at radius 2 is 1.89 bits per heavy atom. The third-order valence-corrected chi connectivity index (χ3v) is 5.21. The van der Waals surface area contributed by atoms with E-state index in [1.165, 1.54) is 12.1 Å². The molecule has 1 aliphatic heterocycles. The summed E-state index contributed by atoms with van der Waals surface area (Å²) >= 11 is 0. The molecule has 1 aromatic carbocycles. The van der Waals surface area contributed by atoms with Crippen LogP contribution in [0.2, 0.25) is 0 Å². The lowest BCUT2D eigenvalue weighted by Gasteiger charge is -2.25. The Labute approximate surface area is 206 Å². The quantitative estimate of drug-likeness (QED) is 0.493. The number of aromatic carboxylic acids is 1. The standard InChI is InChI=1S/C25H30FN3O4.C2H6/c1-6-8-17(9-7-2)15-29-21-13-18(26)12-20(19(21)14-22(29)23(30)31)27-10-11-28(16-27)24(32)33-25(3,4)5;1-2/h6-9,12-14H,1,10-11,15-16H2,2-5H3,(H,30,31);1-2H3/b9-7-,17-8+;. The molecule has 8 heteroatoms. The van der Waals surface area contributed by atoms with Gasteiger partial charge in [-0.05, 0) is 51.5 Å². The van der Waals surface area contributed by atoms with Crippen molar-refractivity contribution in [1.82, 2.24) is 9.47 Å². The van der Waals surface area contributed by atoms with Crippen molar-refractivity contribution >= 4 is 28.7 Å². The first-order valence-corrected chi connectivity index (χ1v) is 11.8. The number of fused-ring (bicyclic) bond motifs is 1. The van der Waals surface area contributed by atoms with E-state index in [1.54, 1.807) is 48.5 Å². The van der Waals surface area contributed by atoms with Crippen molar-refractivity contribution in [3.05, 3.63) is 66.2 Å². The van der Waals surface area contributed by atoms with Crippen molar-refractivity contribution in [1.29, 1.82) is 0 Å². The minimum absolute atomic E-state index is 0.0551. The Kier molecular flexibility index (Phi) is 9.28. The minimum Gasteiger partial charge on any atom is -0.477 e. The molecule has 0 bridgehead atoms. The van der Waals surface area contributed by atoms with E-state index in [0.29, 0.717) is 29.7 Å². The van der Waals surface area contributed by atoms with Gasteiger partial charge in [-0.1, -0.05) is 44.7 Å². The number of amides is 1. The van der Waals surface area contributed by atoms with Crippen LogP contribution in [-0.4, -0.2) is 52.0 Å². The summed E-state index contributed by atoms with van der Waals surface area (Å²) in [6, 6.07) is 4.28. The number of anilines is 1. The SMILES string of the molecule is C=C/C=C(\C=C/C)Cn1c(C(=O)O)cc2c(N3CCN(C(=O)OC(C)(C)C)C3)cc(F)cc21.CC. The maximum absolute atomic E-state index is 14.7. The lowest BCUT2D eigenvalue weighted by molar-refractivity contribution is 0.0297. The van der Waals surface area contributed by atoms with E-state index in [4.69, 9.17) is 4.74 Å². The number of rotatable bonds is 6. The van der Waals surface area contributed by atoms with Gasteiger partial charge in [0.05, 0.1) is 17.9 Å². The minimum atomic E-state index is -1.10. The highest BCUT2D eigenvalue weighted by Crippen LogP contribution is 2.33. The second kappa shape index (κ2) is 11.7. The number of allylic oxidation sites excluding steroid dienone is 5. The molecule has 1 aromatic heterocycles. The van der Waals surface area contributed by atoms with Crippen LogP contribution in [0.3, 0.4) is 0 Å². The molecule has 0 atom stereocenters. The van der Waals surface area contributed by atoms with Crippen molar-refractivity contribution < 1.29 is 23.8 Å². The van der Waals surface area contributed by atoms with Crippen LogP contribution in [0.4, 0.5) is 14.9 Å². The first kappa shape index (κ1) is 27.7. The van der Waals surface area contributed by atoms with Gasteiger partial charge in [0.15, 0.2) is 0 Å². The highest BCUT2D eigenvalue weighted by Gasteiger charge is 2.30. The molecule has 0 saturated carbocycles. The number of hydrogen-bond acceptors (Lipinski definition) is 4. The molecule has 1 fully saturated rings. The van der Waals surface area contributed by atoms with Gasteiger partial charge < -0.3 is 19.3 Å². The third-order valence-electron chi connectivity index (χ3n) is 5.21. The van der Waals surface area contributed by atoms with Crippen LogP contribution < -0.4 is 4.90 Å². The van der Waals surface area contributed by atoms with Crippen LogP contribution in [0.5, 0.6) is 0 Å². The van der Waals surface area contributed by atoms with Gasteiger partial charge in [-0.25, -0.2) is 14.0 Å². The van der Waals surface area contributed by atoms with Crippen LogP contribution in [0.15, 0.2) is 54.7 Å². The van der Waals surface area contributed by atoms with Gasteiger partial charge >= 0.3 is 12.1 Å². The van der Waals surface area contributed by atoms with Gasteiger partial charge in [0, 0.05) is 25.0 Å². The fourth-order valence-corrected chi connectivity index (χ4v) is 3.88. The van der Waals surface area contributed by atoms with Gasteiger partial charge in [-0.3, -0.25) is 4.90 Å². The fourth-order valence-electron chi connectivity index (χ4n) is 3.88. The van der Waals surface area contributed by atoms with Gasteiger partial charge in [-0.15, -0.1) is 0 Å². The number of carboxylic acid groups (broad SMARTS) is 1. The summed E-state index contributed by atoms with van der Waals surface area (Å²) in [5, 5.41) is 10.4. The topological polar surface area (TPSA) is 75.0 Å². The van der Waals surface area contributed by atoms with Crippen LogP contribution in [-0.2, 0) is 11.3 Å². The molecule has 190 valence electrons. The Hall–Kier alpha value is -3.55. The van der Waals surface area contributed by atoms with E-state index in [0.717, 1.165) is 5.57 Å². The number of benzene rings is 1. The third kappa shape index (κ3) is 6.74. The normalized spacial score (nSPS) is 14.3. The summed E-state index contributed by atoms with van der Waals surface area (Å²) in [5.74, 6) is -1.59. The molecule has 0 unspecified atom stereocenters. The van der Waals surface area contributed by atoms with Crippen LogP contribution >= 0.6 is 0 Å². The van der Waals surface area contributed by atoms with Gasteiger partial charge in [-0.2, -0.15) is 0 Å². The summed E-state index contributed by atoms with van der Waals surface area (Å²) in [5.41, 5.74) is 1.28. The molecule has 7 nitrogen and oxygen atoms in total. The highest BCUT2D eigenvalue weighted by molar-refractivity contribution is 6.00.